The van der Waals surface area contributed by atoms with Gasteiger partial charge < -0.3 is 10.7 Å². The van der Waals surface area contributed by atoms with Crippen LogP contribution in [0.1, 0.15) is 43.6 Å². The van der Waals surface area contributed by atoms with E-state index in [0.717, 1.165) is 19.3 Å². The van der Waals surface area contributed by atoms with Crippen molar-refractivity contribution < 1.29 is 4.79 Å². The summed E-state index contributed by atoms with van der Waals surface area (Å²) in [7, 11) is 0. The highest BCUT2D eigenvalue weighted by molar-refractivity contribution is 5.92. The maximum Gasteiger partial charge on any atom is 0.270 e. The second-order valence-corrected chi connectivity index (χ2v) is 3.94. The molecule has 0 aliphatic heterocycles. The molecule has 1 heterocycles. The Balaban J connectivity index is 2.62. The average molecular weight is 236 g/mol. The zero-order chi connectivity index (χ0) is 12.7. The number of hydrazine groups is 1. The number of nitrogens with two attached hydrogens (primary N) is 1. The highest BCUT2D eigenvalue weighted by atomic mass is 16.1. The van der Waals surface area contributed by atoms with E-state index in [1.54, 1.807) is 12.1 Å². The summed E-state index contributed by atoms with van der Waals surface area (Å²) in [5.41, 5.74) is 3.57. The standard InChI is InChI=1S/C12H20N4O/c1-3-5-9(4-2)15-12(17)11-7-6-10(16-13)8-14-11/h6-9,16H,3-5,13H2,1-2H3,(H,15,17). The van der Waals surface area contributed by atoms with Crippen LogP contribution in [-0.4, -0.2) is 16.9 Å². The Hall–Kier alpha value is -1.62. The fourth-order valence-corrected chi connectivity index (χ4v) is 1.60. The van der Waals surface area contributed by atoms with E-state index in [-0.39, 0.29) is 11.9 Å². The van der Waals surface area contributed by atoms with Gasteiger partial charge in [0.05, 0.1) is 11.9 Å². The predicted molar refractivity (Wildman–Crippen MR) is 68.5 cm³/mol. The number of pyridine rings is 1. The lowest BCUT2D eigenvalue weighted by atomic mass is 10.1. The highest BCUT2D eigenvalue weighted by Gasteiger charge is 2.12. The number of amides is 1. The molecule has 1 amide bonds. The molecule has 1 rings (SSSR count). The van der Waals surface area contributed by atoms with Crippen molar-refractivity contribution in [1.82, 2.24) is 10.3 Å². The first-order valence-corrected chi connectivity index (χ1v) is 5.94. The molecule has 5 heteroatoms. The Morgan fingerprint density at radius 2 is 2.24 bits per heavy atom. The van der Waals surface area contributed by atoms with Gasteiger partial charge in [-0.05, 0) is 25.0 Å². The van der Waals surface area contributed by atoms with Gasteiger partial charge in [-0.15, -0.1) is 0 Å². The second-order valence-electron chi connectivity index (χ2n) is 3.94. The molecule has 17 heavy (non-hydrogen) atoms. The first-order valence-electron chi connectivity index (χ1n) is 5.94. The Labute approximate surface area is 102 Å². The fraction of sp³-hybridized carbons (Fsp3) is 0.500. The smallest absolute Gasteiger partial charge is 0.270 e. The summed E-state index contributed by atoms with van der Waals surface area (Å²) in [6.07, 6.45) is 4.52. The minimum absolute atomic E-state index is 0.131. The first kappa shape index (κ1) is 13.4. The molecular formula is C12H20N4O. The number of nitrogens with zero attached hydrogens (tertiary/aromatic N) is 1. The summed E-state index contributed by atoms with van der Waals surface area (Å²) in [6.45, 7) is 4.17. The van der Waals surface area contributed by atoms with Gasteiger partial charge in [-0.1, -0.05) is 20.3 Å². The van der Waals surface area contributed by atoms with Gasteiger partial charge in [0.25, 0.3) is 5.91 Å². The molecule has 1 aromatic heterocycles. The molecule has 0 saturated carbocycles. The van der Waals surface area contributed by atoms with Crippen LogP contribution in [0.2, 0.25) is 0 Å². The summed E-state index contributed by atoms with van der Waals surface area (Å²) in [5.74, 6) is 5.10. The first-order chi connectivity index (χ1) is 8.21. The van der Waals surface area contributed by atoms with Crippen molar-refractivity contribution >= 4 is 11.6 Å². The number of aromatic nitrogens is 1. The van der Waals surface area contributed by atoms with Crippen LogP contribution >= 0.6 is 0 Å². The van der Waals surface area contributed by atoms with Gasteiger partial charge in [-0.25, -0.2) is 4.98 Å². The molecule has 0 aliphatic rings. The Bertz CT molecular complexity index is 350. The highest BCUT2D eigenvalue weighted by Crippen LogP contribution is 2.06. The van der Waals surface area contributed by atoms with Crippen molar-refractivity contribution in [2.75, 3.05) is 5.43 Å². The molecule has 0 fully saturated rings. The van der Waals surface area contributed by atoms with Crippen molar-refractivity contribution in [3.8, 4) is 0 Å². The number of nitrogen functional groups attached to an aromatic ring is 1. The van der Waals surface area contributed by atoms with E-state index in [0.29, 0.717) is 11.4 Å². The number of nitrogens with one attached hydrogen (secondary N) is 2. The summed E-state index contributed by atoms with van der Waals surface area (Å²) in [5, 5.41) is 2.97. The van der Waals surface area contributed by atoms with E-state index in [1.165, 1.54) is 6.20 Å². The Kier molecular flexibility index (Phi) is 5.42. The summed E-state index contributed by atoms with van der Waals surface area (Å²) in [6, 6.07) is 3.60. The maximum atomic E-state index is 11.9. The maximum absolute atomic E-state index is 11.9. The number of rotatable bonds is 6. The summed E-state index contributed by atoms with van der Waals surface area (Å²) < 4.78 is 0. The van der Waals surface area contributed by atoms with Crippen LogP contribution in [0.25, 0.3) is 0 Å². The van der Waals surface area contributed by atoms with Crippen LogP contribution in [0.5, 0.6) is 0 Å². The van der Waals surface area contributed by atoms with E-state index < -0.39 is 0 Å². The lowest BCUT2D eigenvalue weighted by Gasteiger charge is -2.15. The van der Waals surface area contributed by atoms with Crippen molar-refractivity contribution in [1.29, 1.82) is 0 Å². The van der Waals surface area contributed by atoms with Crippen molar-refractivity contribution in [3.05, 3.63) is 24.0 Å². The molecule has 0 saturated heterocycles. The average Bonchev–Trinajstić information content (AvgIpc) is 2.38. The number of carbonyl (C=O) groups is 1. The molecule has 1 aromatic rings. The van der Waals surface area contributed by atoms with Gasteiger partial charge in [0.1, 0.15) is 5.69 Å². The van der Waals surface area contributed by atoms with Gasteiger partial charge in [-0.3, -0.25) is 10.6 Å². The SMILES string of the molecule is CCCC(CC)NC(=O)c1ccc(NN)cn1. The molecule has 0 spiro atoms. The molecule has 5 nitrogen and oxygen atoms in total. The van der Waals surface area contributed by atoms with Crippen molar-refractivity contribution in [3.63, 3.8) is 0 Å². The van der Waals surface area contributed by atoms with Crippen LogP contribution in [0, 0.1) is 0 Å². The van der Waals surface area contributed by atoms with Gasteiger partial charge in [0, 0.05) is 6.04 Å². The largest absolute Gasteiger partial charge is 0.348 e. The molecule has 0 radical (unpaired) electrons. The van der Waals surface area contributed by atoms with E-state index >= 15 is 0 Å². The number of hydrogen-bond donors (Lipinski definition) is 3. The van der Waals surface area contributed by atoms with Crippen LogP contribution < -0.4 is 16.6 Å². The monoisotopic (exact) mass is 236 g/mol. The normalized spacial score (nSPS) is 11.9. The summed E-state index contributed by atoms with van der Waals surface area (Å²) >= 11 is 0. The van der Waals surface area contributed by atoms with Gasteiger partial charge in [0.2, 0.25) is 0 Å². The van der Waals surface area contributed by atoms with Crippen molar-refractivity contribution in [2.45, 2.75) is 39.2 Å². The van der Waals surface area contributed by atoms with Gasteiger partial charge >= 0.3 is 0 Å². The molecule has 4 N–H and O–H groups in total. The third-order valence-corrected chi connectivity index (χ3v) is 2.63. The number of carbonyl (C=O) groups excluding carboxylic acids is 1. The fourth-order valence-electron chi connectivity index (χ4n) is 1.60. The topological polar surface area (TPSA) is 80.0 Å². The van der Waals surface area contributed by atoms with E-state index in [9.17, 15) is 4.79 Å². The van der Waals surface area contributed by atoms with Gasteiger partial charge in [-0.2, -0.15) is 0 Å². The van der Waals surface area contributed by atoms with E-state index in [2.05, 4.69) is 29.6 Å². The van der Waals surface area contributed by atoms with Crippen LogP contribution in [0.3, 0.4) is 0 Å². The van der Waals surface area contributed by atoms with Crippen LogP contribution in [0.4, 0.5) is 5.69 Å². The molecule has 0 aromatic carbocycles. The molecule has 0 aliphatic carbocycles. The lowest BCUT2D eigenvalue weighted by Crippen LogP contribution is -2.34. The van der Waals surface area contributed by atoms with Crippen molar-refractivity contribution in [2.24, 2.45) is 5.84 Å². The lowest BCUT2D eigenvalue weighted by molar-refractivity contribution is 0.0928. The summed E-state index contributed by atoms with van der Waals surface area (Å²) in [4.78, 5) is 15.9. The quantitative estimate of drug-likeness (QED) is 0.518. The molecule has 94 valence electrons. The second kappa shape index (κ2) is 6.85. The van der Waals surface area contributed by atoms with Crippen LogP contribution in [0.15, 0.2) is 18.3 Å². The van der Waals surface area contributed by atoms with Crippen LogP contribution in [-0.2, 0) is 0 Å². The zero-order valence-electron chi connectivity index (χ0n) is 10.4. The predicted octanol–water partition coefficient (Wildman–Crippen LogP) is 1.68. The zero-order valence-corrected chi connectivity index (χ0v) is 10.4. The third-order valence-electron chi connectivity index (χ3n) is 2.63. The van der Waals surface area contributed by atoms with E-state index in [1.807, 2.05) is 0 Å². The Morgan fingerprint density at radius 3 is 2.71 bits per heavy atom. The minimum Gasteiger partial charge on any atom is -0.348 e. The van der Waals surface area contributed by atoms with Gasteiger partial charge in [0.15, 0.2) is 0 Å². The number of anilines is 1. The number of hydrogen-bond acceptors (Lipinski definition) is 4. The molecule has 0 bridgehead atoms. The molecule has 1 atom stereocenters. The molecular weight excluding hydrogens is 216 g/mol. The minimum atomic E-state index is -0.131. The molecule has 1 unspecified atom stereocenters. The van der Waals surface area contributed by atoms with E-state index in [4.69, 9.17) is 5.84 Å². The third kappa shape index (κ3) is 4.03. The Morgan fingerprint density at radius 1 is 1.47 bits per heavy atom.